The molecule has 0 spiro atoms. The van der Waals surface area contributed by atoms with E-state index < -0.39 is 5.54 Å². The van der Waals surface area contributed by atoms with E-state index in [1.807, 2.05) is 18.7 Å². The van der Waals surface area contributed by atoms with Crippen molar-refractivity contribution in [3.05, 3.63) is 35.4 Å². The highest BCUT2D eigenvalue weighted by Gasteiger charge is 2.27. The number of aryl methyl sites for hydroxylation is 1. The molecule has 0 saturated heterocycles. The molecule has 1 unspecified atom stereocenters. The van der Waals surface area contributed by atoms with E-state index in [0.717, 1.165) is 24.3 Å². The van der Waals surface area contributed by atoms with E-state index in [-0.39, 0.29) is 5.91 Å². The minimum Gasteiger partial charge on any atom is -0.368 e. The second kappa shape index (κ2) is 7.56. The lowest BCUT2D eigenvalue weighted by molar-refractivity contribution is -0.123. The van der Waals surface area contributed by atoms with E-state index >= 15 is 0 Å². The van der Waals surface area contributed by atoms with Gasteiger partial charge in [-0.25, -0.2) is 0 Å². The number of primary amides is 1. The van der Waals surface area contributed by atoms with E-state index in [9.17, 15) is 4.79 Å². The van der Waals surface area contributed by atoms with Crippen LogP contribution in [0.5, 0.6) is 0 Å². The number of benzene rings is 1. The van der Waals surface area contributed by atoms with Crippen LogP contribution < -0.4 is 11.1 Å². The van der Waals surface area contributed by atoms with Gasteiger partial charge < -0.3 is 11.1 Å². The minimum absolute atomic E-state index is 0.279. The van der Waals surface area contributed by atoms with Crippen LogP contribution in [0.1, 0.15) is 30.9 Å². The monoisotopic (exact) mass is 280 g/mol. The third kappa shape index (κ3) is 4.88. The van der Waals surface area contributed by atoms with Gasteiger partial charge in [0.05, 0.1) is 5.54 Å². The molecular weight excluding hydrogens is 256 g/mol. The Labute approximate surface area is 120 Å². The summed E-state index contributed by atoms with van der Waals surface area (Å²) in [5, 5.41) is 3.01. The number of thioether (sulfide) groups is 1. The Morgan fingerprint density at radius 3 is 2.68 bits per heavy atom. The highest BCUT2D eigenvalue weighted by molar-refractivity contribution is 7.98. The quantitative estimate of drug-likeness (QED) is 0.719. The van der Waals surface area contributed by atoms with Crippen molar-refractivity contribution < 1.29 is 4.79 Å². The normalized spacial score (nSPS) is 14.1. The van der Waals surface area contributed by atoms with Crippen LogP contribution in [0.15, 0.2) is 24.3 Å². The topological polar surface area (TPSA) is 55.1 Å². The molecule has 1 aromatic rings. The Balaban J connectivity index is 2.29. The molecule has 1 amide bonds. The number of rotatable bonds is 8. The van der Waals surface area contributed by atoms with Crippen molar-refractivity contribution in [2.75, 3.05) is 12.8 Å². The van der Waals surface area contributed by atoms with Crippen LogP contribution in [-0.4, -0.2) is 24.2 Å². The number of carbonyl (C=O) groups excluding carboxylic acids is 1. The predicted octanol–water partition coefficient (Wildman–Crippen LogP) is 2.47. The Bertz CT molecular complexity index is 422. The summed E-state index contributed by atoms with van der Waals surface area (Å²) in [6, 6.07) is 8.45. The smallest absolute Gasteiger partial charge is 0.237 e. The number of carbonyl (C=O) groups is 1. The molecule has 0 aliphatic carbocycles. The number of hydrogen-bond donors (Lipinski definition) is 2. The molecule has 0 aliphatic heterocycles. The maximum atomic E-state index is 11.3. The molecule has 1 rings (SSSR count). The molecule has 0 heterocycles. The van der Waals surface area contributed by atoms with Gasteiger partial charge in [-0.3, -0.25) is 4.79 Å². The van der Waals surface area contributed by atoms with Crippen molar-refractivity contribution in [1.29, 1.82) is 0 Å². The summed E-state index contributed by atoms with van der Waals surface area (Å²) in [5.41, 5.74) is 7.55. The van der Waals surface area contributed by atoms with E-state index in [1.165, 1.54) is 11.1 Å². The summed E-state index contributed by atoms with van der Waals surface area (Å²) in [6.45, 7) is 4.00. The molecule has 106 valence electrons. The standard InChI is InChI=1S/C15H24N2OS/c1-12-7-4-5-8-13(12)11-19-10-6-9-15(2,17-3)14(16)18/h4-5,7-8,17H,6,9-11H2,1-3H3,(H2,16,18). The highest BCUT2D eigenvalue weighted by Crippen LogP contribution is 2.19. The lowest BCUT2D eigenvalue weighted by atomic mass is 9.96. The van der Waals surface area contributed by atoms with Gasteiger partial charge in [-0.15, -0.1) is 0 Å². The average Bonchev–Trinajstić information content (AvgIpc) is 2.39. The fraction of sp³-hybridized carbons (Fsp3) is 0.533. The molecule has 3 nitrogen and oxygen atoms in total. The van der Waals surface area contributed by atoms with Gasteiger partial charge in [0.15, 0.2) is 0 Å². The lowest BCUT2D eigenvalue weighted by Crippen LogP contribution is -2.51. The van der Waals surface area contributed by atoms with E-state index in [1.54, 1.807) is 7.05 Å². The number of nitrogens with one attached hydrogen (secondary N) is 1. The molecule has 0 saturated carbocycles. The molecule has 3 N–H and O–H groups in total. The molecule has 0 radical (unpaired) electrons. The zero-order chi connectivity index (χ0) is 14.3. The highest BCUT2D eigenvalue weighted by atomic mass is 32.2. The fourth-order valence-corrected chi connectivity index (χ4v) is 2.89. The SMILES string of the molecule is CNC(C)(CCCSCc1ccccc1C)C(N)=O. The third-order valence-electron chi connectivity index (χ3n) is 3.58. The number of amides is 1. The Morgan fingerprint density at radius 2 is 2.11 bits per heavy atom. The van der Waals surface area contributed by atoms with Gasteiger partial charge in [0, 0.05) is 5.75 Å². The summed E-state index contributed by atoms with van der Waals surface area (Å²) < 4.78 is 0. The maximum Gasteiger partial charge on any atom is 0.237 e. The van der Waals surface area contributed by atoms with Crippen molar-refractivity contribution >= 4 is 17.7 Å². The molecular formula is C15H24N2OS. The molecule has 1 aromatic carbocycles. The maximum absolute atomic E-state index is 11.3. The first-order valence-corrected chi connectivity index (χ1v) is 7.76. The Hall–Kier alpha value is -1.00. The van der Waals surface area contributed by atoms with Crippen LogP contribution in [0.2, 0.25) is 0 Å². The molecule has 0 bridgehead atoms. The number of nitrogens with two attached hydrogens (primary N) is 1. The first-order valence-electron chi connectivity index (χ1n) is 6.60. The summed E-state index contributed by atoms with van der Waals surface area (Å²) in [6.07, 6.45) is 1.76. The second-order valence-corrected chi connectivity index (χ2v) is 6.13. The molecule has 19 heavy (non-hydrogen) atoms. The number of likely N-dealkylation sites (N-methyl/N-ethyl adjacent to an activating group) is 1. The first kappa shape index (κ1) is 16.1. The van der Waals surface area contributed by atoms with Crippen LogP contribution in [0.25, 0.3) is 0 Å². The van der Waals surface area contributed by atoms with Crippen LogP contribution >= 0.6 is 11.8 Å². The van der Waals surface area contributed by atoms with Crippen molar-refractivity contribution in [3.8, 4) is 0 Å². The van der Waals surface area contributed by atoms with Gasteiger partial charge in [-0.2, -0.15) is 11.8 Å². The summed E-state index contributed by atoms with van der Waals surface area (Å²) >= 11 is 1.90. The Morgan fingerprint density at radius 1 is 1.42 bits per heavy atom. The zero-order valence-corrected chi connectivity index (χ0v) is 12.8. The first-order chi connectivity index (χ1) is 8.99. The van der Waals surface area contributed by atoms with Crippen molar-refractivity contribution in [3.63, 3.8) is 0 Å². The van der Waals surface area contributed by atoms with E-state index in [2.05, 4.69) is 36.5 Å². The molecule has 0 aromatic heterocycles. The Kier molecular flexibility index (Phi) is 6.38. The van der Waals surface area contributed by atoms with Gasteiger partial charge in [0.2, 0.25) is 5.91 Å². The van der Waals surface area contributed by atoms with Crippen LogP contribution in [0.3, 0.4) is 0 Å². The van der Waals surface area contributed by atoms with Crippen molar-refractivity contribution in [1.82, 2.24) is 5.32 Å². The van der Waals surface area contributed by atoms with Crippen LogP contribution in [0, 0.1) is 6.92 Å². The van der Waals surface area contributed by atoms with Crippen LogP contribution in [0.4, 0.5) is 0 Å². The van der Waals surface area contributed by atoms with E-state index in [4.69, 9.17) is 5.73 Å². The molecule has 0 aliphatic rings. The molecule has 4 heteroatoms. The summed E-state index contributed by atoms with van der Waals surface area (Å²) in [7, 11) is 1.78. The van der Waals surface area contributed by atoms with E-state index in [0.29, 0.717) is 0 Å². The van der Waals surface area contributed by atoms with Crippen LogP contribution in [-0.2, 0) is 10.5 Å². The second-order valence-electron chi connectivity index (χ2n) is 5.03. The van der Waals surface area contributed by atoms with Crippen molar-refractivity contribution in [2.24, 2.45) is 5.73 Å². The minimum atomic E-state index is -0.580. The largest absolute Gasteiger partial charge is 0.368 e. The van der Waals surface area contributed by atoms with Crippen molar-refractivity contribution in [2.45, 2.75) is 38.0 Å². The summed E-state index contributed by atoms with van der Waals surface area (Å²) in [5.74, 6) is 1.79. The summed E-state index contributed by atoms with van der Waals surface area (Å²) in [4.78, 5) is 11.3. The van der Waals surface area contributed by atoms with Gasteiger partial charge in [0.25, 0.3) is 0 Å². The predicted molar refractivity (Wildman–Crippen MR) is 83.2 cm³/mol. The fourth-order valence-electron chi connectivity index (χ4n) is 1.85. The zero-order valence-electron chi connectivity index (χ0n) is 12.0. The lowest BCUT2D eigenvalue weighted by Gasteiger charge is -2.25. The third-order valence-corrected chi connectivity index (χ3v) is 4.67. The van der Waals surface area contributed by atoms with Gasteiger partial charge in [-0.05, 0) is 50.6 Å². The molecule has 1 atom stereocenters. The average molecular weight is 280 g/mol. The van der Waals surface area contributed by atoms with Gasteiger partial charge in [-0.1, -0.05) is 24.3 Å². The van der Waals surface area contributed by atoms with Gasteiger partial charge in [0.1, 0.15) is 0 Å². The molecule has 0 fully saturated rings. The number of hydrogen-bond acceptors (Lipinski definition) is 3. The van der Waals surface area contributed by atoms with Gasteiger partial charge >= 0.3 is 0 Å².